The Bertz CT molecular complexity index is 496. The zero-order chi connectivity index (χ0) is 15.8. The number of hydrogen-bond donors (Lipinski definition) is 4. The molecule has 0 bridgehead atoms. The van der Waals surface area contributed by atoms with Crippen LogP contribution in [0.4, 0.5) is 4.79 Å². The molecular formula is C15H25ClN4O2. The molecule has 1 aromatic rings. The number of halogens is 1. The normalized spacial score (nSPS) is 12.7. The van der Waals surface area contributed by atoms with Gasteiger partial charge in [-0.25, -0.2) is 4.79 Å². The first-order valence-electron chi connectivity index (χ1n) is 6.99. The highest BCUT2D eigenvalue weighted by molar-refractivity contribution is 5.85. The Hall–Kier alpha value is -1.79. The van der Waals surface area contributed by atoms with E-state index in [9.17, 15) is 9.59 Å². The molecule has 2 atom stereocenters. The molecular weight excluding hydrogens is 304 g/mol. The lowest BCUT2D eigenvalue weighted by molar-refractivity contribution is -0.121. The molecule has 1 aromatic carbocycles. The maximum Gasteiger partial charge on any atom is 0.312 e. The Morgan fingerprint density at radius 2 is 1.91 bits per heavy atom. The second-order valence-corrected chi connectivity index (χ2v) is 5.12. The van der Waals surface area contributed by atoms with Crippen molar-refractivity contribution in [2.75, 3.05) is 13.6 Å². The predicted molar refractivity (Wildman–Crippen MR) is 90.0 cm³/mol. The van der Waals surface area contributed by atoms with Gasteiger partial charge in [0, 0.05) is 12.6 Å². The van der Waals surface area contributed by atoms with Crippen molar-refractivity contribution in [2.24, 2.45) is 5.73 Å². The third-order valence-corrected chi connectivity index (χ3v) is 3.37. The lowest BCUT2D eigenvalue weighted by atomic mass is 9.98. The predicted octanol–water partition coefficient (Wildman–Crippen LogP) is 1.24. The van der Waals surface area contributed by atoms with Gasteiger partial charge < -0.3 is 21.7 Å². The fourth-order valence-corrected chi connectivity index (χ4v) is 2.01. The molecule has 0 aliphatic carbocycles. The first kappa shape index (κ1) is 20.2. The highest BCUT2D eigenvalue weighted by Gasteiger charge is 2.19. The number of primary amides is 1. The van der Waals surface area contributed by atoms with Crippen LogP contribution in [0.1, 0.15) is 30.5 Å². The first-order valence-corrected chi connectivity index (χ1v) is 6.99. The average molecular weight is 329 g/mol. The number of nitrogens with one attached hydrogen (secondary N) is 3. The van der Waals surface area contributed by atoms with E-state index in [4.69, 9.17) is 5.73 Å². The lowest BCUT2D eigenvalue weighted by Crippen LogP contribution is -2.40. The van der Waals surface area contributed by atoms with Crippen LogP contribution in [0.2, 0.25) is 0 Å². The molecule has 1 rings (SSSR count). The van der Waals surface area contributed by atoms with Gasteiger partial charge in [-0.2, -0.15) is 0 Å². The lowest BCUT2D eigenvalue weighted by Gasteiger charge is -2.20. The fourth-order valence-electron chi connectivity index (χ4n) is 2.01. The molecule has 0 aliphatic heterocycles. The van der Waals surface area contributed by atoms with Crippen molar-refractivity contribution in [1.82, 2.24) is 16.0 Å². The monoisotopic (exact) mass is 328 g/mol. The summed E-state index contributed by atoms with van der Waals surface area (Å²) in [4.78, 5) is 23.2. The summed E-state index contributed by atoms with van der Waals surface area (Å²) in [5.74, 6) is -0.126. The summed E-state index contributed by atoms with van der Waals surface area (Å²) in [5.41, 5.74) is 7.11. The van der Waals surface area contributed by atoms with Crippen molar-refractivity contribution < 1.29 is 9.59 Å². The van der Waals surface area contributed by atoms with Crippen LogP contribution < -0.4 is 21.7 Å². The van der Waals surface area contributed by atoms with Crippen LogP contribution in [0.25, 0.3) is 0 Å². The van der Waals surface area contributed by atoms with Gasteiger partial charge >= 0.3 is 6.03 Å². The number of urea groups is 1. The average Bonchev–Trinajstić information content (AvgIpc) is 2.44. The van der Waals surface area contributed by atoms with Gasteiger partial charge in [-0.1, -0.05) is 24.3 Å². The van der Waals surface area contributed by atoms with Gasteiger partial charge in [0.25, 0.3) is 0 Å². The van der Waals surface area contributed by atoms with E-state index in [-0.39, 0.29) is 30.8 Å². The minimum absolute atomic E-state index is 0. The van der Waals surface area contributed by atoms with E-state index in [0.29, 0.717) is 6.54 Å². The second-order valence-electron chi connectivity index (χ2n) is 5.12. The molecule has 0 saturated carbocycles. The van der Waals surface area contributed by atoms with E-state index in [1.54, 1.807) is 0 Å². The van der Waals surface area contributed by atoms with E-state index in [1.807, 2.05) is 45.2 Å². The third kappa shape index (κ3) is 6.78. The van der Waals surface area contributed by atoms with Gasteiger partial charge in [0.1, 0.15) is 0 Å². The van der Waals surface area contributed by atoms with Gasteiger partial charge in [0.05, 0.1) is 12.5 Å². The molecule has 0 heterocycles. The summed E-state index contributed by atoms with van der Waals surface area (Å²) in [6.07, 6.45) is 0.157. The van der Waals surface area contributed by atoms with Crippen LogP contribution in [-0.2, 0) is 4.79 Å². The molecule has 124 valence electrons. The van der Waals surface area contributed by atoms with Gasteiger partial charge in [-0.3, -0.25) is 4.79 Å². The fraction of sp³-hybridized carbons (Fsp3) is 0.467. The number of amides is 3. The van der Waals surface area contributed by atoms with Crippen LogP contribution in [0.3, 0.4) is 0 Å². The minimum Gasteiger partial charge on any atom is -0.354 e. The van der Waals surface area contributed by atoms with E-state index in [1.165, 1.54) is 0 Å². The SMILES string of the molecule is CNC(C)CNC(=O)CC(NC(N)=O)c1ccccc1C.Cl. The third-order valence-electron chi connectivity index (χ3n) is 3.37. The summed E-state index contributed by atoms with van der Waals surface area (Å²) in [6, 6.07) is 6.74. The van der Waals surface area contributed by atoms with Crippen LogP contribution in [0.15, 0.2) is 24.3 Å². The van der Waals surface area contributed by atoms with Gasteiger partial charge in [0.2, 0.25) is 5.91 Å². The largest absolute Gasteiger partial charge is 0.354 e. The smallest absolute Gasteiger partial charge is 0.312 e. The van der Waals surface area contributed by atoms with E-state index < -0.39 is 12.1 Å². The highest BCUT2D eigenvalue weighted by Crippen LogP contribution is 2.20. The van der Waals surface area contributed by atoms with Crippen molar-refractivity contribution in [3.05, 3.63) is 35.4 Å². The Labute approximate surface area is 137 Å². The Kier molecular flexibility index (Phi) is 9.21. The van der Waals surface area contributed by atoms with E-state index in [2.05, 4.69) is 16.0 Å². The molecule has 6 nitrogen and oxygen atoms in total. The number of carbonyl (C=O) groups is 2. The number of hydrogen-bond acceptors (Lipinski definition) is 3. The van der Waals surface area contributed by atoms with Crippen molar-refractivity contribution in [1.29, 1.82) is 0 Å². The van der Waals surface area contributed by atoms with Gasteiger partial charge in [-0.15, -0.1) is 12.4 Å². The summed E-state index contributed by atoms with van der Waals surface area (Å²) >= 11 is 0. The Balaban J connectivity index is 0.00000441. The van der Waals surface area contributed by atoms with Crippen LogP contribution in [0.5, 0.6) is 0 Å². The Morgan fingerprint density at radius 1 is 1.27 bits per heavy atom. The maximum atomic E-state index is 12.0. The molecule has 0 aromatic heterocycles. The number of benzene rings is 1. The summed E-state index contributed by atoms with van der Waals surface area (Å²) < 4.78 is 0. The maximum absolute atomic E-state index is 12.0. The zero-order valence-electron chi connectivity index (χ0n) is 13.2. The first-order chi connectivity index (χ1) is 9.93. The van der Waals surface area contributed by atoms with Crippen LogP contribution >= 0.6 is 12.4 Å². The van der Waals surface area contributed by atoms with Crippen molar-refractivity contribution >= 4 is 24.3 Å². The zero-order valence-corrected chi connectivity index (χ0v) is 14.0. The van der Waals surface area contributed by atoms with Crippen molar-refractivity contribution in [3.63, 3.8) is 0 Å². The Morgan fingerprint density at radius 3 is 2.45 bits per heavy atom. The second kappa shape index (κ2) is 10.0. The summed E-state index contributed by atoms with van der Waals surface area (Å²) in [6.45, 7) is 4.44. The number of nitrogens with two attached hydrogens (primary N) is 1. The van der Waals surface area contributed by atoms with Crippen molar-refractivity contribution in [2.45, 2.75) is 32.4 Å². The minimum atomic E-state index is -0.639. The number of carbonyl (C=O) groups excluding carboxylic acids is 2. The van der Waals surface area contributed by atoms with Crippen LogP contribution in [-0.4, -0.2) is 31.6 Å². The molecule has 0 radical (unpaired) electrons. The summed E-state index contributed by atoms with van der Waals surface area (Å²) in [5, 5.41) is 8.51. The highest BCUT2D eigenvalue weighted by atomic mass is 35.5. The molecule has 0 fully saturated rings. The van der Waals surface area contributed by atoms with E-state index in [0.717, 1.165) is 11.1 Å². The molecule has 0 aliphatic rings. The van der Waals surface area contributed by atoms with Gasteiger partial charge in [-0.05, 0) is 32.0 Å². The molecule has 2 unspecified atom stereocenters. The molecule has 5 N–H and O–H groups in total. The molecule has 22 heavy (non-hydrogen) atoms. The molecule has 0 spiro atoms. The molecule has 0 saturated heterocycles. The number of likely N-dealkylation sites (N-methyl/N-ethyl adjacent to an activating group) is 1. The van der Waals surface area contributed by atoms with Crippen molar-refractivity contribution in [3.8, 4) is 0 Å². The standard InChI is InChI=1S/C15H24N4O2.ClH/c1-10-6-4-5-7-12(10)13(19-15(16)21)8-14(20)18-9-11(2)17-3;/h4-7,11,13,17H,8-9H2,1-3H3,(H,18,20)(H3,16,19,21);1H. The summed E-state index contributed by atoms with van der Waals surface area (Å²) in [7, 11) is 1.83. The topological polar surface area (TPSA) is 96.2 Å². The van der Waals surface area contributed by atoms with Gasteiger partial charge in [0.15, 0.2) is 0 Å². The molecule has 7 heteroatoms. The van der Waals surface area contributed by atoms with Crippen LogP contribution in [0, 0.1) is 6.92 Å². The number of rotatable bonds is 7. The van der Waals surface area contributed by atoms with E-state index >= 15 is 0 Å². The quantitative estimate of drug-likeness (QED) is 0.606. The molecule has 3 amide bonds. The number of aryl methyl sites for hydroxylation is 1.